The van der Waals surface area contributed by atoms with E-state index in [9.17, 15) is 18.0 Å². The van der Waals surface area contributed by atoms with Crippen LogP contribution in [0.5, 0.6) is 5.75 Å². The zero-order valence-electron chi connectivity index (χ0n) is 23.9. The molecule has 8 nitrogen and oxygen atoms in total. The monoisotopic (exact) mass is 599 g/mol. The number of rotatable bonds is 14. The van der Waals surface area contributed by atoms with Gasteiger partial charge in [-0.2, -0.15) is 0 Å². The topological polar surface area (TPSA) is 96.0 Å². The summed E-state index contributed by atoms with van der Waals surface area (Å²) in [6, 6.07) is 21.1. The third kappa shape index (κ3) is 8.71. The van der Waals surface area contributed by atoms with Crippen LogP contribution in [-0.4, -0.2) is 57.9 Å². The maximum atomic E-state index is 14.0. The van der Waals surface area contributed by atoms with Crippen molar-refractivity contribution in [2.45, 2.75) is 44.6 Å². The number of methoxy groups -OCH3 is 1. The van der Waals surface area contributed by atoms with Crippen molar-refractivity contribution in [3.05, 3.63) is 89.4 Å². The number of sulfonamides is 1. The quantitative estimate of drug-likeness (QED) is 0.276. The van der Waals surface area contributed by atoms with Crippen molar-refractivity contribution in [3.8, 4) is 5.75 Å². The highest BCUT2D eigenvalue weighted by Gasteiger charge is 2.33. The number of nitrogens with one attached hydrogen (secondary N) is 1. The molecular formula is C31H38ClN3O5S. The zero-order valence-corrected chi connectivity index (χ0v) is 25.5. The maximum Gasteiger partial charge on any atom is 0.264 e. The predicted molar refractivity (Wildman–Crippen MR) is 163 cm³/mol. The molecule has 41 heavy (non-hydrogen) atoms. The van der Waals surface area contributed by atoms with Gasteiger partial charge in [-0.05, 0) is 72.9 Å². The molecule has 0 fully saturated rings. The Hall–Kier alpha value is -3.56. The molecule has 220 valence electrons. The summed E-state index contributed by atoms with van der Waals surface area (Å²) >= 11 is 6.08. The molecule has 1 N–H and O–H groups in total. The van der Waals surface area contributed by atoms with Gasteiger partial charge in [0.1, 0.15) is 18.3 Å². The molecule has 0 bridgehead atoms. The fourth-order valence-corrected chi connectivity index (χ4v) is 5.87. The Labute approximate surface area is 248 Å². The Morgan fingerprint density at radius 3 is 2.15 bits per heavy atom. The first kappa shape index (κ1) is 32.0. The number of carbonyl (C=O) groups is 2. The summed E-state index contributed by atoms with van der Waals surface area (Å²) in [6.45, 7) is 6.04. The minimum Gasteiger partial charge on any atom is -0.497 e. The van der Waals surface area contributed by atoms with Crippen LogP contribution in [0.15, 0.2) is 83.8 Å². The summed E-state index contributed by atoms with van der Waals surface area (Å²) in [6.07, 6.45) is 0.878. The third-order valence-corrected chi connectivity index (χ3v) is 8.64. The van der Waals surface area contributed by atoms with E-state index < -0.39 is 28.5 Å². The lowest BCUT2D eigenvalue weighted by Gasteiger charge is -2.33. The number of hydrogen-bond donors (Lipinski definition) is 1. The lowest BCUT2D eigenvalue weighted by Crippen LogP contribution is -2.53. The molecule has 0 aromatic heterocycles. The van der Waals surface area contributed by atoms with E-state index in [0.717, 1.165) is 9.87 Å². The van der Waals surface area contributed by atoms with Crippen LogP contribution in [0.3, 0.4) is 0 Å². The third-order valence-electron chi connectivity index (χ3n) is 6.60. The van der Waals surface area contributed by atoms with Gasteiger partial charge in [0.2, 0.25) is 11.8 Å². The van der Waals surface area contributed by atoms with Gasteiger partial charge in [-0.1, -0.05) is 62.7 Å². The van der Waals surface area contributed by atoms with E-state index in [4.69, 9.17) is 16.3 Å². The second-order valence-corrected chi connectivity index (χ2v) is 12.3. The van der Waals surface area contributed by atoms with Crippen molar-refractivity contribution in [3.63, 3.8) is 0 Å². The van der Waals surface area contributed by atoms with Gasteiger partial charge in [0.05, 0.1) is 17.7 Å². The van der Waals surface area contributed by atoms with Gasteiger partial charge in [0.15, 0.2) is 0 Å². The van der Waals surface area contributed by atoms with Gasteiger partial charge >= 0.3 is 0 Å². The van der Waals surface area contributed by atoms with Gasteiger partial charge in [0, 0.05) is 18.1 Å². The van der Waals surface area contributed by atoms with Crippen molar-refractivity contribution in [1.82, 2.24) is 10.2 Å². The van der Waals surface area contributed by atoms with Gasteiger partial charge in [-0.3, -0.25) is 13.9 Å². The van der Waals surface area contributed by atoms with Crippen LogP contribution in [0.2, 0.25) is 5.02 Å². The van der Waals surface area contributed by atoms with E-state index in [-0.39, 0.29) is 29.0 Å². The fraction of sp³-hybridized carbons (Fsp3) is 0.355. The maximum absolute atomic E-state index is 14.0. The van der Waals surface area contributed by atoms with E-state index in [2.05, 4.69) is 5.32 Å². The van der Waals surface area contributed by atoms with Crippen LogP contribution in [0, 0.1) is 5.92 Å². The molecule has 0 aliphatic heterocycles. The summed E-state index contributed by atoms with van der Waals surface area (Å²) in [5.74, 6) is -0.0125. The number of ether oxygens (including phenoxy) is 1. The van der Waals surface area contributed by atoms with Crippen LogP contribution in [0.1, 0.15) is 32.8 Å². The number of halogens is 1. The molecule has 0 saturated heterocycles. The fourth-order valence-electron chi connectivity index (χ4n) is 4.33. The Kier molecular flexibility index (Phi) is 11.6. The van der Waals surface area contributed by atoms with Crippen molar-refractivity contribution in [2.75, 3.05) is 31.0 Å². The van der Waals surface area contributed by atoms with E-state index in [0.29, 0.717) is 30.2 Å². The van der Waals surface area contributed by atoms with E-state index in [1.54, 1.807) is 36.4 Å². The number of benzene rings is 3. The van der Waals surface area contributed by atoms with Gasteiger partial charge in [0.25, 0.3) is 10.0 Å². The minimum absolute atomic E-state index is 0.00129. The predicted octanol–water partition coefficient (Wildman–Crippen LogP) is 5.17. The summed E-state index contributed by atoms with van der Waals surface area (Å²) in [4.78, 5) is 28.8. The first-order valence-corrected chi connectivity index (χ1v) is 15.4. The SMILES string of the molecule is CC[C@H](C(=O)NCC(C)C)N(CCc1ccccc1)C(=O)CN(c1ccc(Cl)cc1)S(=O)(=O)c1ccc(OC)cc1. The number of anilines is 1. The van der Waals surface area contributed by atoms with E-state index in [1.165, 1.54) is 24.1 Å². The molecule has 3 rings (SSSR count). The van der Waals surface area contributed by atoms with Crippen molar-refractivity contribution in [1.29, 1.82) is 0 Å². The Morgan fingerprint density at radius 2 is 1.59 bits per heavy atom. The summed E-state index contributed by atoms with van der Waals surface area (Å²) < 4.78 is 34.0. The molecule has 0 saturated carbocycles. The number of carbonyl (C=O) groups excluding carboxylic acids is 2. The molecule has 0 aliphatic rings. The van der Waals surface area contributed by atoms with Crippen LogP contribution in [-0.2, 0) is 26.0 Å². The van der Waals surface area contributed by atoms with Crippen LogP contribution < -0.4 is 14.4 Å². The number of hydrogen-bond acceptors (Lipinski definition) is 5. The average molecular weight is 600 g/mol. The van der Waals surface area contributed by atoms with Gasteiger partial charge in [-0.15, -0.1) is 0 Å². The normalized spacial score (nSPS) is 12.0. The number of amides is 2. The molecule has 0 unspecified atom stereocenters. The van der Waals surface area contributed by atoms with Crippen molar-refractivity contribution < 1.29 is 22.7 Å². The molecule has 0 radical (unpaired) electrons. The molecule has 3 aromatic carbocycles. The van der Waals surface area contributed by atoms with Crippen LogP contribution in [0.4, 0.5) is 5.69 Å². The standard InChI is InChI=1S/C31H38ClN3O5S/c1-5-29(31(37)33-21-23(2)3)34(20-19-24-9-7-6-8-10-24)30(36)22-35(26-13-11-25(32)12-14-26)41(38,39)28-17-15-27(40-4)16-18-28/h6-18,23,29H,5,19-22H2,1-4H3,(H,33,37)/t29-/m1/s1. The molecular weight excluding hydrogens is 562 g/mol. The highest BCUT2D eigenvalue weighted by molar-refractivity contribution is 7.92. The Balaban J connectivity index is 1.99. The highest BCUT2D eigenvalue weighted by atomic mass is 35.5. The molecule has 0 heterocycles. The molecule has 3 aromatic rings. The largest absolute Gasteiger partial charge is 0.497 e. The molecule has 2 amide bonds. The Bertz CT molecular complexity index is 1380. The smallest absolute Gasteiger partial charge is 0.264 e. The van der Waals surface area contributed by atoms with Crippen LogP contribution in [0.25, 0.3) is 0 Å². The first-order chi connectivity index (χ1) is 19.6. The second-order valence-electron chi connectivity index (χ2n) is 10.0. The van der Waals surface area contributed by atoms with Gasteiger partial charge < -0.3 is 15.0 Å². The summed E-state index contributed by atoms with van der Waals surface area (Å²) in [5.41, 5.74) is 1.28. The van der Waals surface area contributed by atoms with Crippen molar-refractivity contribution in [2.24, 2.45) is 5.92 Å². The molecule has 1 atom stereocenters. The van der Waals surface area contributed by atoms with E-state index >= 15 is 0 Å². The Morgan fingerprint density at radius 1 is 0.951 bits per heavy atom. The molecule has 0 aliphatic carbocycles. The van der Waals surface area contributed by atoms with E-state index in [1.807, 2.05) is 51.1 Å². The zero-order chi connectivity index (χ0) is 30.0. The lowest BCUT2D eigenvalue weighted by atomic mass is 10.1. The second kappa shape index (κ2) is 14.9. The number of nitrogens with zero attached hydrogens (tertiary/aromatic N) is 2. The van der Waals surface area contributed by atoms with Crippen LogP contribution >= 0.6 is 11.6 Å². The minimum atomic E-state index is -4.18. The molecule has 0 spiro atoms. The lowest BCUT2D eigenvalue weighted by molar-refractivity contribution is -0.139. The summed E-state index contributed by atoms with van der Waals surface area (Å²) in [5, 5.41) is 3.36. The summed E-state index contributed by atoms with van der Waals surface area (Å²) in [7, 11) is -2.68. The van der Waals surface area contributed by atoms with Gasteiger partial charge in [-0.25, -0.2) is 8.42 Å². The average Bonchev–Trinajstić information content (AvgIpc) is 2.97. The highest BCUT2D eigenvalue weighted by Crippen LogP contribution is 2.27. The first-order valence-electron chi connectivity index (χ1n) is 13.6. The molecule has 10 heteroatoms. The van der Waals surface area contributed by atoms with Crippen molar-refractivity contribution >= 4 is 39.1 Å².